The summed E-state index contributed by atoms with van der Waals surface area (Å²) < 4.78 is 1.77. The standard InChI is InChI=1S/C29H45N3O2/c1-18-12-25(29(5,34)17-32-16-20(14-30)15-31-32)28(4)11-9-23-22-8-10-27(3,33)13-21(22)6-7-24(23)26(28)19(18)2/h15-16,18-19,21-26,33-34H,6-13,17H2,1-5H3/t18-,19+,21+,22-,23+,24+,25?,26-,27+,28+,29-/m0/s1. The van der Waals surface area contributed by atoms with E-state index in [4.69, 9.17) is 0 Å². The zero-order valence-electron chi connectivity index (χ0n) is 21.9. The highest BCUT2D eigenvalue weighted by atomic mass is 16.3. The van der Waals surface area contributed by atoms with E-state index in [0.717, 1.165) is 37.0 Å². The van der Waals surface area contributed by atoms with Gasteiger partial charge in [-0.05, 0) is 118 Å². The summed E-state index contributed by atoms with van der Waals surface area (Å²) in [5.74, 6) is 5.12. The molecule has 4 saturated carbocycles. The maximum absolute atomic E-state index is 12.0. The summed E-state index contributed by atoms with van der Waals surface area (Å²) in [7, 11) is 0. The van der Waals surface area contributed by atoms with Gasteiger partial charge in [-0.2, -0.15) is 10.4 Å². The number of aromatic nitrogens is 2. The fourth-order valence-electron chi connectivity index (χ4n) is 9.87. The molecule has 4 aliphatic rings. The number of aliphatic hydroxyl groups is 2. The van der Waals surface area contributed by atoms with Gasteiger partial charge in [0.15, 0.2) is 0 Å². The van der Waals surface area contributed by atoms with Crippen LogP contribution in [-0.2, 0) is 6.54 Å². The van der Waals surface area contributed by atoms with Gasteiger partial charge in [-0.3, -0.25) is 4.68 Å². The monoisotopic (exact) mass is 467 g/mol. The summed E-state index contributed by atoms with van der Waals surface area (Å²) in [4.78, 5) is 0. The molecular formula is C29H45N3O2. The molecule has 1 unspecified atom stereocenters. The third-order valence-corrected chi connectivity index (χ3v) is 11.4. The van der Waals surface area contributed by atoms with Gasteiger partial charge in [-0.25, -0.2) is 0 Å². The Kier molecular flexibility index (Phi) is 5.97. The van der Waals surface area contributed by atoms with Crippen LogP contribution in [0.3, 0.4) is 0 Å². The number of fused-ring (bicyclic) bond motifs is 5. The molecule has 34 heavy (non-hydrogen) atoms. The molecule has 1 aromatic rings. The zero-order chi connectivity index (χ0) is 24.5. The highest BCUT2D eigenvalue weighted by molar-refractivity contribution is 5.21. The van der Waals surface area contributed by atoms with Crippen molar-refractivity contribution in [2.75, 3.05) is 0 Å². The van der Waals surface area contributed by atoms with Crippen molar-refractivity contribution in [2.45, 2.75) is 104 Å². The predicted molar refractivity (Wildman–Crippen MR) is 133 cm³/mol. The fraction of sp³-hybridized carbons (Fsp3) is 0.862. The van der Waals surface area contributed by atoms with Crippen molar-refractivity contribution >= 4 is 0 Å². The van der Waals surface area contributed by atoms with Crippen molar-refractivity contribution in [3.8, 4) is 6.07 Å². The van der Waals surface area contributed by atoms with E-state index in [9.17, 15) is 15.5 Å². The van der Waals surface area contributed by atoms with Crippen LogP contribution in [0, 0.1) is 64.1 Å². The molecule has 0 aliphatic heterocycles. The van der Waals surface area contributed by atoms with Gasteiger partial charge < -0.3 is 10.2 Å². The third kappa shape index (κ3) is 3.94. The van der Waals surface area contributed by atoms with Gasteiger partial charge in [-0.15, -0.1) is 0 Å². The average molecular weight is 468 g/mol. The van der Waals surface area contributed by atoms with Crippen LogP contribution in [0.25, 0.3) is 0 Å². The first-order chi connectivity index (χ1) is 15.9. The fourth-order valence-corrected chi connectivity index (χ4v) is 9.87. The van der Waals surface area contributed by atoms with Crippen LogP contribution in [0.1, 0.15) is 91.5 Å². The number of hydrogen-bond acceptors (Lipinski definition) is 4. The maximum atomic E-state index is 12.0. The van der Waals surface area contributed by atoms with Crippen molar-refractivity contribution < 1.29 is 10.2 Å². The molecule has 1 aromatic heterocycles. The molecule has 0 aromatic carbocycles. The van der Waals surface area contributed by atoms with Crippen LogP contribution in [0.2, 0.25) is 0 Å². The minimum absolute atomic E-state index is 0.120. The van der Waals surface area contributed by atoms with Crippen molar-refractivity contribution in [1.82, 2.24) is 9.78 Å². The van der Waals surface area contributed by atoms with Gasteiger partial charge in [0, 0.05) is 6.20 Å². The largest absolute Gasteiger partial charge is 0.390 e. The SMILES string of the molecule is C[C@H]1[C@H]2[C@@H]3CC[C@@H]4C[C@](C)(O)CC[C@@H]4[C@H]3CC[C@]2(C)C([C@@](C)(O)Cn2cc(C#N)cn2)C[C@@H]1C. The minimum Gasteiger partial charge on any atom is -0.390 e. The molecule has 2 N–H and O–H groups in total. The molecular weight excluding hydrogens is 422 g/mol. The van der Waals surface area contributed by atoms with Gasteiger partial charge in [-0.1, -0.05) is 20.8 Å². The van der Waals surface area contributed by atoms with Gasteiger partial charge in [0.25, 0.3) is 0 Å². The first-order valence-corrected chi connectivity index (χ1v) is 13.8. The summed E-state index contributed by atoms with van der Waals surface area (Å²) >= 11 is 0. The zero-order valence-corrected chi connectivity index (χ0v) is 21.9. The van der Waals surface area contributed by atoms with Gasteiger partial charge >= 0.3 is 0 Å². The van der Waals surface area contributed by atoms with Crippen LogP contribution in [0.5, 0.6) is 0 Å². The molecule has 5 nitrogen and oxygen atoms in total. The van der Waals surface area contributed by atoms with E-state index in [1.54, 1.807) is 17.1 Å². The van der Waals surface area contributed by atoms with E-state index in [1.165, 1.54) is 32.1 Å². The molecule has 1 heterocycles. The van der Waals surface area contributed by atoms with Gasteiger partial charge in [0.2, 0.25) is 0 Å². The second-order valence-electron chi connectivity index (χ2n) is 13.7. The molecule has 0 spiro atoms. The highest BCUT2D eigenvalue weighted by Crippen LogP contribution is 2.66. The molecule has 4 aliphatic carbocycles. The van der Waals surface area contributed by atoms with Crippen LogP contribution in [0.4, 0.5) is 0 Å². The summed E-state index contributed by atoms with van der Waals surface area (Å²) in [5, 5.41) is 36.2. The van der Waals surface area contributed by atoms with E-state index in [1.807, 2.05) is 13.8 Å². The second-order valence-corrected chi connectivity index (χ2v) is 13.7. The molecule has 188 valence electrons. The Labute approximate surface area is 205 Å². The first-order valence-electron chi connectivity index (χ1n) is 13.8. The molecule has 11 atom stereocenters. The smallest absolute Gasteiger partial charge is 0.102 e. The summed E-state index contributed by atoms with van der Waals surface area (Å²) in [6, 6.07) is 2.16. The van der Waals surface area contributed by atoms with Crippen molar-refractivity contribution in [1.29, 1.82) is 5.26 Å². The number of hydrogen-bond donors (Lipinski definition) is 2. The van der Waals surface area contributed by atoms with Crippen LogP contribution in [0.15, 0.2) is 12.4 Å². The molecule has 0 radical (unpaired) electrons. The van der Waals surface area contributed by atoms with Crippen molar-refractivity contribution in [3.05, 3.63) is 18.0 Å². The Balaban J connectivity index is 1.42. The second kappa shape index (κ2) is 8.34. The number of nitrogens with zero attached hydrogens (tertiary/aromatic N) is 3. The van der Waals surface area contributed by atoms with E-state index >= 15 is 0 Å². The minimum atomic E-state index is -0.867. The Bertz CT molecular complexity index is 945. The van der Waals surface area contributed by atoms with Gasteiger partial charge in [0.1, 0.15) is 6.07 Å². The Morgan fingerprint density at radius 2 is 1.88 bits per heavy atom. The normalized spacial score (nSPS) is 48.1. The van der Waals surface area contributed by atoms with Crippen molar-refractivity contribution in [2.24, 2.45) is 52.8 Å². The average Bonchev–Trinajstić information content (AvgIpc) is 3.21. The molecule has 0 amide bonds. The molecule has 5 rings (SSSR count). The van der Waals surface area contributed by atoms with E-state index in [0.29, 0.717) is 35.8 Å². The molecule has 0 saturated heterocycles. The predicted octanol–water partition coefficient (Wildman–Crippen LogP) is 5.41. The lowest BCUT2D eigenvalue weighted by atomic mass is 9.40. The van der Waals surface area contributed by atoms with E-state index in [2.05, 4.69) is 31.9 Å². The number of nitriles is 1. The lowest BCUT2D eigenvalue weighted by molar-refractivity contribution is -0.196. The first kappa shape index (κ1) is 24.3. The Hall–Kier alpha value is -1.38. The third-order valence-electron chi connectivity index (χ3n) is 11.4. The molecule has 4 fully saturated rings. The number of rotatable bonds is 3. The Morgan fingerprint density at radius 3 is 2.59 bits per heavy atom. The quantitative estimate of drug-likeness (QED) is 0.623. The van der Waals surface area contributed by atoms with Crippen LogP contribution in [-0.4, -0.2) is 31.2 Å². The van der Waals surface area contributed by atoms with Gasteiger partial charge in [0.05, 0.1) is 29.5 Å². The molecule has 0 bridgehead atoms. The Morgan fingerprint density at radius 1 is 1.15 bits per heavy atom. The lowest BCUT2D eigenvalue weighted by Gasteiger charge is -2.65. The summed E-state index contributed by atoms with van der Waals surface area (Å²) in [6.07, 6.45) is 12.6. The molecule has 5 heteroatoms. The summed E-state index contributed by atoms with van der Waals surface area (Å²) in [5.41, 5.74) is -0.664. The lowest BCUT2D eigenvalue weighted by Crippen LogP contribution is -2.61. The van der Waals surface area contributed by atoms with E-state index in [-0.39, 0.29) is 11.3 Å². The highest BCUT2D eigenvalue weighted by Gasteiger charge is 2.61. The maximum Gasteiger partial charge on any atom is 0.102 e. The van der Waals surface area contributed by atoms with E-state index < -0.39 is 11.2 Å². The summed E-state index contributed by atoms with van der Waals surface area (Å²) in [6.45, 7) is 11.9. The topological polar surface area (TPSA) is 82.1 Å². The van der Waals surface area contributed by atoms with Crippen LogP contribution >= 0.6 is 0 Å². The van der Waals surface area contributed by atoms with Crippen LogP contribution < -0.4 is 0 Å². The van der Waals surface area contributed by atoms with Crippen molar-refractivity contribution in [3.63, 3.8) is 0 Å².